The average Bonchev–Trinajstić information content (AvgIpc) is 3.54. The highest BCUT2D eigenvalue weighted by Crippen LogP contribution is 2.39. The third-order valence-corrected chi connectivity index (χ3v) is 11.9. The number of fused-ring (bicyclic) bond motifs is 3. The second-order valence-corrected chi connectivity index (χ2v) is 14.8. The fourth-order valence-electron chi connectivity index (χ4n) is 9.15. The summed E-state index contributed by atoms with van der Waals surface area (Å²) in [5.74, 6) is 1.70. The second kappa shape index (κ2) is 14.5. The molecule has 2 aromatic heterocycles. The number of nitrogens with one attached hydrogen (secondary N) is 1. The van der Waals surface area contributed by atoms with Crippen LogP contribution in [0.25, 0.3) is 0 Å². The van der Waals surface area contributed by atoms with Crippen molar-refractivity contribution in [1.29, 1.82) is 0 Å². The van der Waals surface area contributed by atoms with E-state index in [1.807, 2.05) is 17.9 Å². The highest BCUT2D eigenvalue weighted by Gasteiger charge is 2.38. The molecule has 2 bridgehead atoms. The van der Waals surface area contributed by atoms with Crippen molar-refractivity contribution in [2.45, 2.75) is 108 Å². The molecule has 48 heavy (non-hydrogen) atoms. The summed E-state index contributed by atoms with van der Waals surface area (Å²) >= 11 is 0. The number of carbonyl (C=O) groups is 1. The monoisotopic (exact) mass is 655 g/mol. The van der Waals surface area contributed by atoms with Gasteiger partial charge < -0.3 is 20.1 Å². The number of aromatic nitrogens is 4. The molecule has 0 amide bonds. The minimum absolute atomic E-state index is 0.0161. The standard InChI is InChI=1S/C38H53N7O3/c1-4-35(26-13-15-27(16-14-26)37(46)47)44(3)38-41-33-18-17-28(25-9-6-5-7-10-25)19-32(33)36(42-38)40-34(29-20-39-43(2)21-29)22-45-30-11-8-12-31(45)24-48-23-30/h5-7,9-10,20-21,26-28,30-31,34-35H,4,8,11-19,22-24H2,1-3H3,(H,46,47)(H,40,41,42)/t26?,27?,28-,30?,31?,34+,35-/m1/s1. The molecular formula is C38H53N7O3. The van der Waals surface area contributed by atoms with Gasteiger partial charge in [-0.2, -0.15) is 10.1 Å². The van der Waals surface area contributed by atoms with Gasteiger partial charge >= 0.3 is 5.97 Å². The van der Waals surface area contributed by atoms with E-state index < -0.39 is 5.97 Å². The number of ether oxygens (including phenoxy) is 1. The highest BCUT2D eigenvalue weighted by molar-refractivity contribution is 5.70. The van der Waals surface area contributed by atoms with Gasteiger partial charge in [-0.1, -0.05) is 43.7 Å². The van der Waals surface area contributed by atoms with E-state index >= 15 is 0 Å². The minimum Gasteiger partial charge on any atom is -0.481 e. The largest absolute Gasteiger partial charge is 0.481 e. The van der Waals surface area contributed by atoms with Crippen molar-refractivity contribution in [2.24, 2.45) is 18.9 Å². The maximum absolute atomic E-state index is 11.7. The molecule has 4 heterocycles. The summed E-state index contributed by atoms with van der Waals surface area (Å²) in [4.78, 5) is 27.3. The second-order valence-electron chi connectivity index (χ2n) is 14.8. The summed E-state index contributed by atoms with van der Waals surface area (Å²) in [6.07, 6.45) is 15.0. The number of hydrogen-bond acceptors (Lipinski definition) is 8. The first-order valence-electron chi connectivity index (χ1n) is 18.4. The Labute approximate surface area is 285 Å². The Kier molecular flexibility index (Phi) is 10.0. The number of morpholine rings is 1. The first-order valence-corrected chi connectivity index (χ1v) is 18.4. The molecule has 4 aliphatic rings. The summed E-state index contributed by atoms with van der Waals surface area (Å²) in [6.45, 7) is 4.73. The average molecular weight is 656 g/mol. The molecule has 1 aromatic carbocycles. The van der Waals surface area contributed by atoms with E-state index in [0.717, 1.165) is 88.6 Å². The van der Waals surface area contributed by atoms with Crippen LogP contribution in [-0.4, -0.2) is 80.7 Å². The third kappa shape index (κ3) is 6.97. The smallest absolute Gasteiger partial charge is 0.306 e. The molecule has 10 nitrogen and oxygen atoms in total. The van der Waals surface area contributed by atoms with E-state index in [1.165, 1.54) is 36.0 Å². The summed E-state index contributed by atoms with van der Waals surface area (Å²) < 4.78 is 7.91. The Bertz CT molecular complexity index is 1520. The topological polar surface area (TPSA) is 109 Å². The quantitative estimate of drug-likeness (QED) is 0.257. The molecule has 258 valence electrons. The van der Waals surface area contributed by atoms with E-state index in [0.29, 0.717) is 23.9 Å². The predicted molar refractivity (Wildman–Crippen MR) is 187 cm³/mol. The predicted octanol–water partition coefficient (Wildman–Crippen LogP) is 5.99. The first kappa shape index (κ1) is 33.0. The zero-order valence-corrected chi connectivity index (χ0v) is 28.9. The van der Waals surface area contributed by atoms with E-state index in [4.69, 9.17) is 14.7 Å². The lowest BCUT2D eigenvalue weighted by atomic mass is 9.77. The number of nitrogens with zero attached hydrogens (tertiary/aromatic N) is 6. The molecule has 10 heteroatoms. The van der Waals surface area contributed by atoms with Crippen LogP contribution in [-0.2, 0) is 29.4 Å². The van der Waals surface area contributed by atoms with Crippen molar-refractivity contribution in [2.75, 3.05) is 37.0 Å². The van der Waals surface area contributed by atoms with Crippen molar-refractivity contribution < 1.29 is 14.6 Å². The number of rotatable bonds is 11. The molecule has 3 fully saturated rings. The number of aliphatic carboxylic acids is 1. The van der Waals surface area contributed by atoms with Crippen molar-refractivity contribution in [3.05, 3.63) is 65.1 Å². The molecule has 2 saturated heterocycles. The number of piperidine rings is 1. The zero-order chi connectivity index (χ0) is 33.2. The van der Waals surface area contributed by atoms with Crippen LogP contribution in [0.5, 0.6) is 0 Å². The number of hydrogen-bond donors (Lipinski definition) is 2. The van der Waals surface area contributed by atoms with Crippen LogP contribution >= 0.6 is 0 Å². The fraction of sp³-hybridized carbons (Fsp3) is 0.632. The van der Waals surface area contributed by atoms with Gasteiger partial charge in [0.2, 0.25) is 5.95 Å². The molecule has 5 atom stereocenters. The lowest BCUT2D eigenvalue weighted by molar-refractivity contribution is -0.143. The van der Waals surface area contributed by atoms with Crippen molar-refractivity contribution >= 4 is 17.7 Å². The number of benzene rings is 1. The fourth-order valence-corrected chi connectivity index (χ4v) is 9.15. The van der Waals surface area contributed by atoms with Crippen LogP contribution in [0, 0.1) is 11.8 Å². The molecule has 0 spiro atoms. The van der Waals surface area contributed by atoms with Crippen molar-refractivity contribution in [3.8, 4) is 0 Å². The Morgan fingerprint density at radius 3 is 2.48 bits per heavy atom. The van der Waals surface area contributed by atoms with Gasteiger partial charge in [-0.25, -0.2) is 4.98 Å². The molecule has 2 aliphatic carbocycles. The molecular weight excluding hydrogens is 602 g/mol. The number of carboxylic acids is 1. The summed E-state index contributed by atoms with van der Waals surface area (Å²) in [6, 6.07) is 12.1. The Morgan fingerprint density at radius 2 is 1.81 bits per heavy atom. The summed E-state index contributed by atoms with van der Waals surface area (Å²) in [7, 11) is 4.13. The normalized spacial score (nSPS) is 27.1. The maximum Gasteiger partial charge on any atom is 0.306 e. The molecule has 2 aliphatic heterocycles. The number of aryl methyl sites for hydroxylation is 2. The van der Waals surface area contributed by atoms with Gasteiger partial charge in [0.05, 0.1) is 37.1 Å². The van der Waals surface area contributed by atoms with E-state index in [1.54, 1.807) is 0 Å². The van der Waals surface area contributed by atoms with Crippen LogP contribution in [0.1, 0.15) is 99.1 Å². The maximum atomic E-state index is 11.7. The van der Waals surface area contributed by atoms with Crippen LogP contribution in [0.3, 0.4) is 0 Å². The Morgan fingerprint density at radius 1 is 1.06 bits per heavy atom. The van der Waals surface area contributed by atoms with Crippen molar-refractivity contribution in [3.63, 3.8) is 0 Å². The molecule has 1 saturated carbocycles. The van der Waals surface area contributed by atoms with Gasteiger partial charge in [-0.3, -0.25) is 14.4 Å². The Hall–Kier alpha value is -3.50. The molecule has 0 radical (unpaired) electrons. The lowest BCUT2D eigenvalue weighted by Crippen LogP contribution is -2.56. The van der Waals surface area contributed by atoms with Gasteiger partial charge in [0.15, 0.2) is 0 Å². The van der Waals surface area contributed by atoms with Crippen LogP contribution in [0.2, 0.25) is 0 Å². The molecule has 2 N–H and O–H groups in total. The first-order chi connectivity index (χ1) is 23.4. The van der Waals surface area contributed by atoms with Gasteiger partial charge in [0, 0.05) is 56.1 Å². The molecule has 2 unspecified atom stereocenters. The van der Waals surface area contributed by atoms with Crippen LogP contribution in [0.15, 0.2) is 42.7 Å². The number of carboxylic acid groups (broad SMARTS) is 1. The number of anilines is 2. The Balaban J connectivity index is 1.22. The summed E-state index contributed by atoms with van der Waals surface area (Å²) in [5, 5.41) is 18.2. The SMILES string of the molecule is CC[C@H](C1CCC(C(=O)O)CC1)N(C)c1nc2c(c(N[C@@H](CN3C4CCCC3COC4)c3cnn(C)c3)n1)C[C@H](c1ccccc1)CC2. The van der Waals surface area contributed by atoms with Gasteiger partial charge in [-0.05, 0) is 81.6 Å². The van der Waals surface area contributed by atoms with Gasteiger partial charge in [0.25, 0.3) is 0 Å². The van der Waals surface area contributed by atoms with E-state index in [9.17, 15) is 9.90 Å². The third-order valence-electron chi connectivity index (χ3n) is 11.9. The highest BCUT2D eigenvalue weighted by atomic mass is 16.5. The van der Waals surface area contributed by atoms with E-state index in [2.05, 4.69) is 70.7 Å². The minimum atomic E-state index is -0.652. The van der Waals surface area contributed by atoms with Gasteiger partial charge in [0.1, 0.15) is 5.82 Å². The molecule has 3 aromatic rings. The lowest BCUT2D eigenvalue weighted by Gasteiger charge is -2.47. The summed E-state index contributed by atoms with van der Waals surface area (Å²) in [5.41, 5.74) is 4.93. The van der Waals surface area contributed by atoms with Crippen molar-refractivity contribution in [1.82, 2.24) is 24.6 Å². The van der Waals surface area contributed by atoms with E-state index in [-0.39, 0.29) is 18.0 Å². The van der Waals surface area contributed by atoms with Crippen LogP contribution in [0.4, 0.5) is 11.8 Å². The zero-order valence-electron chi connectivity index (χ0n) is 28.9. The molecule has 7 rings (SSSR count). The van der Waals surface area contributed by atoms with Crippen LogP contribution < -0.4 is 10.2 Å². The van der Waals surface area contributed by atoms with Gasteiger partial charge in [-0.15, -0.1) is 0 Å².